The van der Waals surface area contributed by atoms with Crippen molar-refractivity contribution in [1.29, 1.82) is 0 Å². The maximum Gasteiger partial charge on any atom is 0.317 e. The van der Waals surface area contributed by atoms with Gasteiger partial charge in [0.05, 0.1) is 11.0 Å². The lowest BCUT2D eigenvalue weighted by Crippen LogP contribution is -2.51. The van der Waals surface area contributed by atoms with Gasteiger partial charge in [0.1, 0.15) is 12.4 Å². The minimum Gasteiger partial charge on any atom is -0.368 e. The summed E-state index contributed by atoms with van der Waals surface area (Å²) in [5.41, 5.74) is 0.626. The molecule has 1 amide bonds. The van der Waals surface area contributed by atoms with Crippen molar-refractivity contribution >= 4 is 22.6 Å². The fourth-order valence-electron chi connectivity index (χ4n) is 3.94. The number of nitrogens with zero attached hydrogens (tertiary/aromatic N) is 4. The Morgan fingerprint density at radius 3 is 2.10 bits per heavy atom. The fraction of sp³-hybridized carbons (Fsp3) is 0.261. The van der Waals surface area contributed by atoms with Gasteiger partial charge >= 0.3 is 11.1 Å². The highest BCUT2D eigenvalue weighted by Gasteiger charge is 2.23. The summed E-state index contributed by atoms with van der Waals surface area (Å²) in [5.74, 6) is -0.503. The first-order valence-corrected chi connectivity index (χ1v) is 10.1. The van der Waals surface area contributed by atoms with E-state index in [1.165, 1.54) is 21.3 Å². The van der Waals surface area contributed by atoms with Crippen LogP contribution in [0, 0.1) is 5.82 Å². The summed E-state index contributed by atoms with van der Waals surface area (Å²) in [5, 5.41) is 0. The van der Waals surface area contributed by atoms with Gasteiger partial charge < -0.3 is 9.80 Å². The van der Waals surface area contributed by atoms with Gasteiger partial charge in [-0.05, 0) is 36.4 Å². The first kappa shape index (κ1) is 20.6. The number of halogens is 1. The van der Waals surface area contributed by atoms with E-state index in [-0.39, 0.29) is 24.8 Å². The van der Waals surface area contributed by atoms with Gasteiger partial charge in [-0.2, -0.15) is 0 Å². The lowest BCUT2D eigenvalue weighted by Gasteiger charge is -2.36. The van der Waals surface area contributed by atoms with Gasteiger partial charge in [-0.1, -0.05) is 18.2 Å². The normalized spacial score (nSPS) is 14.1. The second-order valence-corrected chi connectivity index (χ2v) is 7.43. The average molecular weight is 422 g/mol. The Balaban J connectivity index is 1.54. The minimum atomic E-state index is -0.723. The molecular formula is C23H23FN4O3. The highest BCUT2D eigenvalue weighted by Crippen LogP contribution is 2.17. The minimum absolute atomic E-state index is 0.194. The second kappa shape index (κ2) is 8.59. The molecule has 2 aromatic carbocycles. The molecule has 3 aromatic rings. The molecule has 8 heteroatoms. The molecule has 0 unspecified atom stereocenters. The largest absolute Gasteiger partial charge is 0.368 e. The molecule has 0 N–H and O–H groups in total. The molecule has 7 nitrogen and oxygen atoms in total. The van der Waals surface area contributed by atoms with E-state index in [9.17, 15) is 18.8 Å². The molecule has 1 aliphatic heterocycles. The van der Waals surface area contributed by atoms with Crippen LogP contribution in [0.25, 0.3) is 11.0 Å². The SMILES string of the molecule is C=CCn1c(=O)c(=O)n(CC(=O)N2CCN(c3ccc(F)cc3)CC2)c2ccccc21. The van der Waals surface area contributed by atoms with E-state index in [2.05, 4.69) is 11.5 Å². The van der Waals surface area contributed by atoms with Crippen LogP contribution in [0.2, 0.25) is 0 Å². The summed E-state index contributed by atoms with van der Waals surface area (Å²) in [4.78, 5) is 42.1. The van der Waals surface area contributed by atoms with Gasteiger partial charge in [0.15, 0.2) is 0 Å². The zero-order valence-corrected chi connectivity index (χ0v) is 17.0. The molecule has 0 atom stereocenters. The summed E-state index contributed by atoms with van der Waals surface area (Å²) in [6, 6.07) is 13.3. The number of anilines is 1. The van der Waals surface area contributed by atoms with Crippen LogP contribution in [0.4, 0.5) is 10.1 Å². The number of hydrogen-bond acceptors (Lipinski definition) is 4. The van der Waals surface area contributed by atoms with Gasteiger partial charge in [0, 0.05) is 38.4 Å². The smallest absolute Gasteiger partial charge is 0.317 e. The summed E-state index contributed by atoms with van der Waals surface area (Å²) >= 11 is 0. The van der Waals surface area contributed by atoms with Crippen molar-refractivity contribution in [2.24, 2.45) is 0 Å². The zero-order valence-electron chi connectivity index (χ0n) is 17.0. The Kier molecular flexibility index (Phi) is 5.70. The lowest BCUT2D eigenvalue weighted by molar-refractivity contribution is -0.132. The Hall–Kier alpha value is -3.68. The molecule has 0 aliphatic carbocycles. The van der Waals surface area contributed by atoms with Crippen molar-refractivity contribution in [2.75, 3.05) is 31.1 Å². The number of amides is 1. The van der Waals surface area contributed by atoms with Crippen molar-refractivity contribution < 1.29 is 9.18 Å². The summed E-state index contributed by atoms with van der Waals surface area (Å²) in [6.45, 7) is 5.84. The first-order chi connectivity index (χ1) is 15.0. The van der Waals surface area contributed by atoms with Crippen molar-refractivity contribution in [3.8, 4) is 0 Å². The third-order valence-electron chi connectivity index (χ3n) is 5.57. The zero-order chi connectivity index (χ0) is 22.0. The van der Waals surface area contributed by atoms with E-state index in [1.807, 2.05) is 0 Å². The third kappa shape index (κ3) is 4.01. The molecule has 0 radical (unpaired) electrons. The Morgan fingerprint density at radius 1 is 0.903 bits per heavy atom. The summed E-state index contributed by atoms with van der Waals surface area (Å²) in [6.07, 6.45) is 1.56. The van der Waals surface area contributed by atoms with Crippen LogP contribution in [-0.4, -0.2) is 46.1 Å². The van der Waals surface area contributed by atoms with Crippen LogP contribution >= 0.6 is 0 Å². The van der Waals surface area contributed by atoms with E-state index in [0.717, 1.165) is 5.69 Å². The van der Waals surface area contributed by atoms with Crippen LogP contribution in [0.1, 0.15) is 0 Å². The molecule has 2 heterocycles. The monoisotopic (exact) mass is 422 g/mol. The summed E-state index contributed by atoms with van der Waals surface area (Å²) in [7, 11) is 0. The van der Waals surface area contributed by atoms with E-state index in [0.29, 0.717) is 37.2 Å². The second-order valence-electron chi connectivity index (χ2n) is 7.43. The number of aromatic nitrogens is 2. The van der Waals surface area contributed by atoms with Crippen molar-refractivity contribution in [1.82, 2.24) is 14.0 Å². The molecule has 1 aliphatic rings. The first-order valence-electron chi connectivity index (χ1n) is 10.1. The molecule has 1 saturated heterocycles. The molecule has 31 heavy (non-hydrogen) atoms. The predicted molar refractivity (Wildman–Crippen MR) is 118 cm³/mol. The lowest BCUT2D eigenvalue weighted by atomic mass is 10.2. The van der Waals surface area contributed by atoms with Gasteiger partial charge in [0.2, 0.25) is 5.91 Å². The topological polar surface area (TPSA) is 67.5 Å². The van der Waals surface area contributed by atoms with Crippen LogP contribution in [0.3, 0.4) is 0 Å². The van der Waals surface area contributed by atoms with E-state index in [1.54, 1.807) is 47.4 Å². The van der Waals surface area contributed by atoms with Gasteiger partial charge in [-0.15, -0.1) is 6.58 Å². The number of hydrogen-bond donors (Lipinski definition) is 0. The maximum atomic E-state index is 13.1. The number of carbonyl (C=O) groups excluding carboxylic acids is 1. The molecule has 0 spiro atoms. The molecule has 0 saturated carbocycles. The van der Waals surface area contributed by atoms with Crippen LogP contribution in [0.5, 0.6) is 0 Å². The Bertz CT molecular complexity index is 1240. The Labute approximate surface area is 178 Å². The Morgan fingerprint density at radius 2 is 1.48 bits per heavy atom. The predicted octanol–water partition coefficient (Wildman–Crippen LogP) is 1.84. The quantitative estimate of drug-likeness (QED) is 0.465. The number of benzene rings is 2. The highest BCUT2D eigenvalue weighted by atomic mass is 19.1. The van der Waals surface area contributed by atoms with Crippen molar-refractivity contribution in [2.45, 2.75) is 13.1 Å². The van der Waals surface area contributed by atoms with E-state index < -0.39 is 11.1 Å². The van der Waals surface area contributed by atoms with Crippen molar-refractivity contribution in [3.05, 3.63) is 87.7 Å². The number of allylic oxidation sites excluding steroid dienone is 1. The standard InChI is InChI=1S/C23H23FN4O3/c1-2-11-27-19-5-3-4-6-20(19)28(23(31)22(27)30)16-21(29)26-14-12-25(13-15-26)18-9-7-17(24)8-10-18/h2-10H,1,11-16H2. The number of piperazine rings is 1. The fourth-order valence-corrected chi connectivity index (χ4v) is 3.94. The number of fused-ring (bicyclic) bond motifs is 1. The number of para-hydroxylation sites is 2. The highest BCUT2D eigenvalue weighted by molar-refractivity contribution is 5.80. The van der Waals surface area contributed by atoms with Gasteiger partial charge in [-0.25, -0.2) is 4.39 Å². The molecule has 1 aromatic heterocycles. The average Bonchev–Trinajstić information content (AvgIpc) is 2.80. The van der Waals surface area contributed by atoms with Crippen LogP contribution < -0.4 is 16.0 Å². The molecule has 160 valence electrons. The van der Waals surface area contributed by atoms with E-state index in [4.69, 9.17) is 0 Å². The number of carbonyl (C=O) groups is 1. The van der Waals surface area contributed by atoms with Gasteiger partial charge in [-0.3, -0.25) is 23.5 Å². The summed E-state index contributed by atoms with van der Waals surface area (Å²) < 4.78 is 15.8. The third-order valence-corrected chi connectivity index (χ3v) is 5.57. The molecule has 4 rings (SSSR count). The number of rotatable bonds is 5. The molecule has 1 fully saturated rings. The maximum absolute atomic E-state index is 13.1. The van der Waals surface area contributed by atoms with Crippen LogP contribution in [0.15, 0.2) is 70.8 Å². The van der Waals surface area contributed by atoms with E-state index >= 15 is 0 Å². The van der Waals surface area contributed by atoms with Crippen LogP contribution in [-0.2, 0) is 17.9 Å². The van der Waals surface area contributed by atoms with Crippen molar-refractivity contribution in [3.63, 3.8) is 0 Å². The van der Waals surface area contributed by atoms with Gasteiger partial charge in [0.25, 0.3) is 0 Å². The molecule has 0 bridgehead atoms. The molecular weight excluding hydrogens is 399 g/mol.